The molecule has 0 saturated carbocycles. The van der Waals surface area contributed by atoms with Crippen molar-refractivity contribution in [2.45, 2.75) is 13.5 Å². The molecule has 2 aromatic rings. The van der Waals surface area contributed by atoms with Gasteiger partial charge in [0.25, 0.3) is 5.56 Å². The number of aryl methyl sites for hydroxylation is 1. The van der Waals surface area contributed by atoms with Crippen molar-refractivity contribution in [2.24, 2.45) is 0 Å². The van der Waals surface area contributed by atoms with Gasteiger partial charge >= 0.3 is 0 Å². The second-order valence-corrected chi connectivity index (χ2v) is 5.45. The Hall–Kier alpha value is -0.840. The van der Waals surface area contributed by atoms with Crippen molar-refractivity contribution in [3.8, 4) is 0 Å². The third-order valence-corrected chi connectivity index (χ3v) is 4.01. The van der Waals surface area contributed by atoms with Gasteiger partial charge in [0.05, 0.1) is 18.6 Å². The van der Waals surface area contributed by atoms with E-state index in [0.29, 0.717) is 26.8 Å². The highest BCUT2D eigenvalue weighted by Gasteiger charge is 2.08. The molecule has 0 N–H and O–H groups in total. The van der Waals surface area contributed by atoms with Gasteiger partial charge in [0.15, 0.2) is 0 Å². The third-order valence-electron chi connectivity index (χ3n) is 2.51. The minimum absolute atomic E-state index is 0.131. The molecule has 1 heterocycles. The first-order valence-corrected chi connectivity index (χ1v) is 6.69. The molecule has 6 heteroatoms. The van der Waals surface area contributed by atoms with Crippen LogP contribution < -0.4 is 5.56 Å². The molecule has 94 valence electrons. The average molecular weight is 348 g/mol. The molecule has 3 nitrogen and oxygen atoms in total. The molecule has 0 aliphatic rings. The Morgan fingerprint density at radius 2 is 2.11 bits per heavy atom. The molecule has 0 fully saturated rings. The summed E-state index contributed by atoms with van der Waals surface area (Å²) in [7, 11) is 0. The Kier molecular flexibility index (Phi) is 4.10. The van der Waals surface area contributed by atoms with Gasteiger partial charge in [-0.05, 0) is 40.5 Å². The number of hydrogen-bond donors (Lipinski definition) is 0. The van der Waals surface area contributed by atoms with Crippen molar-refractivity contribution in [3.63, 3.8) is 0 Å². The molecule has 0 unspecified atom stereocenters. The molecule has 18 heavy (non-hydrogen) atoms. The van der Waals surface area contributed by atoms with Gasteiger partial charge in [-0.3, -0.25) is 9.36 Å². The Labute approximate surface area is 123 Å². The van der Waals surface area contributed by atoms with Gasteiger partial charge in [-0.25, -0.2) is 4.98 Å². The van der Waals surface area contributed by atoms with Gasteiger partial charge in [0, 0.05) is 10.0 Å². The van der Waals surface area contributed by atoms with Crippen molar-refractivity contribution in [1.82, 2.24) is 9.55 Å². The van der Waals surface area contributed by atoms with Crippen LogP contribution in [0.5, 0.6) is 0 Å². The van der Waals surface area contributed by atoms with Gasteiger partial charge in [-0.1, -0.05) is 29.3 Å². The second kappa shape index (κ2) is 5.43. The van der Waals surface area contributed by atoms with E-state index in [1.165, 1.54) is 10.9 Å². The van der Waals surface area contributed by atoms with Crippen LogP contribution in [0.4, 0.5) is 0 Å². The minimum Gasteiger partial charge on any atom is -0.294 e. The molecule has 0 bridgehead atoms. The van der Waals surface area contributed by atoms with Crippen LogP contribution in [0.25, 0.3) is 0 Å². The molecule has 0 aliphatic carbocycles. The Morgan fingerprint density at radius 3 is 2.78 bits per heavy atom. The lowest BCUT2D eigenvalue weighted by Gasteiger charge is -2.08. The molecule has 0 aliphatic heterocycles. The lowest BCUT2D eigenvalue weighted by atomic mass is 10.2. The first-order valence-electron chi connectivity index (χ1n) is 5.14. The summed E-state index contributed by atoms with van der Waals surface area (Å²) in [6.07, 6.45) is 1.51. The van der Waals surface area contributed by atoms with Crippen molar-refractivity contribution in [3.05, 3.63) is 60.7 Å². The summed E-state index contributed by atoms with van der Waals surface area (Å²) in [5, 5.41) is 1.10. The van der Waals surface area contributed by atoms with E-state index >= 15 is 0 Å². The fraction of sp³-hybridized carbons (Fsp3) is 0.167. The summed E-state index contributed by atoms with van der Waals surface area (Å²) in [6, 6.07) is 5.19. The molecule has 0 amide bonds. The molecular weight excluding hydrogens is 339 g/mol. The molecule has 0 atom stereocenters. The van der Waals surface area contributed by atoms with Crippen LogP contribution in [0.3, 0.4) is 0 Å². The summed E-state index contributed by atoms with van der Waals surface area (Å²) >= 11 is 15.1. The van der Waals surface area contributed by atoms with Gasteiger partial charge < -0.3 is 0 Å². The van der Waals surface area contributed by atoms with E-state index in [2.05, 4.69) is 20.9 Å². The van der Waals surface area contributed by atoms with Crippen LogP contribution in [-0.2, 0) is 6.54 Å². The summed E-state index contributed by atoms with van der Waals surface area (Å²) in [5.41, 5.74) is 1.35. The van der Waals surface area contributed by atoms with Gasteiger partial charge in [-0.2, -0.15) is 0 Å². The Morgan fingerprint density at radius 1 is 1.39 bits per heavy atom. The quantitative estimate of drug-likeness (QED) is 0.830. The maximum atomic E-state index is 12.0. The molecule has 1 aromatic carbocycles. The van der Waals surface area contributed by atoms with Gasteiger partial charge in [0.1, 0.15) is 4.47 Å². The van der Waals surface area contributed by atoms with Crippen LogP contribution in [0.1, 0.15) is 11.3 Å². The van der Waals surface area contributed by atoms with Crippen molar-refractivity contribution < 1.29 is 0 Å². The van der Waals surface area contributed by atoms with E-state index in [4.69, 9.17) is 23.2 Å². The molecule has 1 aromatic heterocycles. The van der Waals surface area contributed by atoms with Crippen LogP contribution in [-0.4, -0.2) is 9.55 Å². The number of nitrogens with zero attached hydrogens (tertiary/aromatic N) is 2. The molecule has 2 rings (SSSR count). The number of rotatable bonds is 2. The summed E-state index contributed by atoms with van der Waals surface area (Å²) in [5.74, 6) is 0. The normalized spacial score (nSPS) is 10.7. The highest BCUT2D eigenvalue weighted by Crippen LogP contribution is 2.21. The zero-order valence-electron chi connectivity index (χ0n) is 9.45. The third kappa shape index (κ3) is 2.76. The fourth-order valence-corrected chi connectivity index (χ4v) is 2.29. The number of hydrogen-bond acceptors (Lipinski definition) is 2. The largest absolute Gasteiger partial charge is 0.294 e. The van der Waals surface area contributed by atoms with E-state index < -0.39 is 0 Å². The van der Waals surface area contributed by atoms with Crippen LogP contribution in [0.15, 0.2) is 33.8 Å². The minimum atomic E-state index is -0.131. The van der Waals surface area contributed by atoms with E-state index in [0.717, 1.165) is 5.56 Å². The highest BCUT2D eigenvalue weighted by molar-refractivity contribution is 9.10. The van der Waals surface area contributed by atoms with Crippen molar-refractivity contribution in [2.75, 3.05) is 0 Å². The molecule has 0 radical (unpaired) electrons. The number of benzene rings is 1. The van der Waals surface area contributed by atoms with Gasteiger partial charge in [0.2, 0.25) is 0 Å². The number of aromatic nitrogens is 2. The zero-order valence-corrected chi connectivity index (χ0v) is 12.6. The lowest BCUT2D eigenvalue weighted by Crippen LogP contribution is -2.22. The second-order valence-electron chi connectivity index (χ2n) is 3.81. The molecular formula is C12H9BrCl2N2O. The highest BCUT2D eigenvalue weighted by atomic mass is 79.9. The fourth-order valence-electron chi connectivity index (χ4n) is 1.49. The summed E-state index contributed by atoms with van der Waals surface area (Å²) in [4.78, 5) is 16.1. The summed E-state index contributed by atoms with van der Waals surface area (Å²) in [6.45, 7) is 2.13. The first-order chi connectivity index (χ1) is 8.49. The topological polar surface area (TPSA) is 34.9 Å². The van der Waals surface area contributed by atoms with Crippen LogP contribution in [0.2, 0.25) is 10.0 Å². The molecule has 0 spiro atoms. The van der Waals surface area contributed by atoms with Crippen LogP contribution >= 0.6 is 39.1 Å². The van der Waals surface area contributed by atoms with E-state index in [1.54, 1.807) is 25.1 Å². The Balaban J connectivity index is 2.41. The SMILES string of the molecule is Cc1ncn(Cc2ccc(Cl)cc2Cl)c(=O)c1Br. The summed E-state index contributed by atoms with van der Waals surface area (Å²) < 4.78 is 1.96. The van der Waals surface area contributed by atoms with Gasteiger partial charge in [-0.15, -0.1) is 0 Å². The maximum Gasteiger partial charge on any atom is 0.268 e. The Bertz CT molecular complexity index is 655. The molecule has 0 saturated heterocycles. The standard InChI is InChI=1S/C12H9BrCl2N2O/c1-7-11(13)12(18)17(6-16-7)5-8-2-3-9(14)4-10(8)15/h2-4,6H,5H2,1H3. The lowest BCUT2D eigenvalue weighted by molar-refractivity contribution is 0.724. The predicted molar refractivity (Wildman–Crippen MR) is 76.5 cm³/mol. The smallest absolute Gasteiger partial charge is 0.268 e. The van der Waals surface area contributed by atoms with E-state index in [-0.39, 0.29) is 5.56 Å². The van der Waals surface area contributed by atoms with E-state index in [1.807, 2.05) is 0 Å². The first kappa shape index (κ1) is 13.6. The predicted octanol–water partition coefficient (Wildman–Crippen LogP) is 3.67. The van der Waals surface area contributed by atoms with Crippen LogP contribution in [0, 0.1) is 6.92 Å². The van der Waals surface area contributed by atoms with Crippen molar-refractivity contribution >= 4 is 39.1 Å². The van der Waals surface area contributed by atoms with E-state index in [9.17, 15) is 4.79 Å². The monoisotopic (exact) mass is 346 g/mol. The average Bonchev–Trinajstić information content (AvgIpc) is 2.33. The van der Waals surface area contributed by atoms with Crippen molar-refractivity contribution in [1.29, 1.82) is 0 Å². The number of halogens is 3. The maximum absolute atomic E-state index is 12.0. The zero-order chi connectivity index (χ0) is 13.3.